The minimum absolute atomic E-state index is 0.269. The molecule has 3 rings (SSSR count). The van der Waals surface area contributed by atoms with Crippen LogP contribution >= 0.6 is 0 Å². The molecule has 0 unspecified atom stereocenters. The quantitative estimate of drug-likeness (QED) is 0.880. The van der Waals surface area contributed by atoms with Crippen molar-refractivity contribution in [3.05, 3.63) is 41.5 Å². The van der Waals surface area contributed by atoms with Crippen molar-refractivity contribution in [3.63, 3.8) is 0 Å². The van der Waals surface area contributed by atoms with E-state index in [9.17, 15) is 5.11 Å². The maximum Gasteiger partial charge on any atom is 0.231 e. The first-order valence-electron chi connectivity index (χ1n) is 6.62. The van der Waals surface area contributed by atoms with E-state index in [1.54, 1.807) is 12.1 Å². The zero-order valence-electron chi connectivity index (χ0n) is 10.7. The molecule has 5 nitrogen and oxygen atoms in total. The van der Waals surface area contributed by atoms with Crippen LogP contribution in [0.3, 0.4) is 0 Å². The molecule has 1 aromatic carbocycles. The summed E-state index contributed by atoms with van der Waals surface area (Å²) in [5.41, 5.74) is 1.06. The molecule has 0 amide bonds. The van der Waals surface area contributed by atoms with Gasteiger partial charge >= 0.3 is 0 Å². The Balaban J connectivity index is 1.68. The summed E-state index contributed by atoms with van der Waals surface area (Å²) in [5, 5.41) is 16.6. The van der Waals surface area contributed by atoms with Crippen LogP contribution in [0, 0.1) is 0 Å². The standard InChI is InChI=1S/C14H17N3O2/c18-12-5-3-10(4-6-12)8-13-16-14(19-17-13)11-2-1-7-15-9-11/h3-6,11,15,18H,1-2,7-9H2/t11-/m1/s1. The number of piperidine rings is 1. The Labute approximate surface area is 111 Å². The molecule has 2 N–H and O–H groups in total. The maximum absolute atomic E-state index is 9.24. The molecule has 0 aliphatic carbocycles. The molecule has 1 aromatic heterocycles. The van der Waals surface area contributed by atoms with E-state index in [2.05, 4.69) is 15.5 Å². The third-order valence-electron chi connectivity index (χ3n) is 3.43. The van der Waals surface area contributed by atoms with Gasteiger partial charge in [0.15, 0.2) is 5.82 Å². The van der Waals surface area contributed by atoms with Crippen LogP contribution in [0.5, 0.6) is 5.75 Å². The van der Waals surface area contributed by atoms with Gasteiger partial charge in [-0.3, -0.25) is 0 Å². The molecule has 1 fully saturated rings. The number of rotatable bonds is 3. The first-order chi connectivity index (χ1) is 9.31. The zero-order valence-corrected chi connectivity index (χ0v) is 10.7. The van der Waals surface area contributed by atoms with Crippen molar-refractivity contribution < 1.29 is 9.63 Å². The highest BCUT2D eigenvalue weighted by Gasteiger charge is 2.21. The number of benzene rings is 1. The Morgan fingerprint density at radius 3 is 2.89 bits per heavy atom. The second-order valence-electron chi connectivity index (χ2n) is 4.94. The fourth-order valence-corrected chi connectivity index (χ4v) is 2.36. The number of hydrogen-bond donors (Lipinski definition) is 2. The Bertz CT molecular complexity index is 530. The summed E-state index contributed by atoms with van der Waals surface area (Å²) in [6.45, 7) is 1.99. The van der Waals surface area contributed by atoms with Crippen LogP contribution in [0.4, 0.5) is 0 Å². The fourth-order valence-electron chi connectivity index (χ4n) is 2.36. The maximum atomic E-state index is 9.24. The molecule has 1 aliphatic rings. The topological polar surface area (TPSA) is 71.2 Å². The van der Waals surface area contributed by atoms with E-state index < -0.39 is 0 Å². The van der Waals surface area contributed by atoms with Crippen LogP contribution in [-0.2, 0) is 6.42 Å². The van der Waals surface area contributed by atoms with Crippen LogP contribution in [-0.4, -0.2) is 28.3 Å². The van der Waals surface area contributed by atoms with E-state index in [4.69, 9.17) is 4.52 Å². The van der Waals surface area contributed by atoms with Crippen molar-refractivity contribution in [2.45, 2.75) is 25.2 Å². The van der Waals surface area contributed by atoms with Crippen molar-refractivity contribution in [2.75, 3.05) is 13.1 Å². The van der Waals surface area contributed by atoms with Crippen LogP contribution in [0.2, 0.25) is 0 Å². The van der Waals surface area contributed by atoms with E-state index in [1.807, 2.05) is 12.1 Å². The van der Waals surface area contributed by atoms with Gasteiger partial charge in [0.25, 0.3) is 0 Å². The second kappa shape index (κ2) is 5.40. The van der Waals surface area contributed by atoms with Crippen molar-refractivity contribution in [3.8, 4) is 5.75 Å². The highest BCUT2D eigenvalue weighted by Crippen LogP contribution is 2.22. The lowest BCUT2D eigenvalue weighted by Gasteiger charge is -2.18. The van der Waals surface area contributed by atoms with Crippen molar-refractivity contribution >= 4 is 0 Å². The van der Waals surface area contributed by atoms with Gasteiger partial charge in [0.05, 0.1) is 5.92 Å². The number of nitrogens with zero attached hydrogens (tertiary/aromatic N) is 2. The van der Waals surface area contributed by atoms with Gasteiger partial charge in [-0.15, -0.1) is 0 Å². The predicted molar refractivity (Wildman–Crippen MR) is 70.1 cm³/mol. The van der Waals surface area contributed by atoms with E-state index >= 15 is 0 Å². The number of aromatic hydroxyl groups is 1. The first kappa shape index (κ1) is 12.2. The van der Waals surface area contributed by atoms with Crippen LogP contribution in [0.15, 0.2) is 28.8 Å². The molecule has 1 aliphatic heterocycles. The average molecular weight is 259 g/mol. The molecule has 2 heterocycles. The summed E-state index contributed by atoms with van der Waals surface area (Å²) < 4.78 is 5.35. The summed E-state index contributed by atoms with van der Waals surface area (Å²) >= 11 is 0. The van der Waals surface area contributed by atoms with Crippen LogP contribution < -0.4 is 5.32 Å². The lowest BCUT2D eigenvalue weighted by Crippen LogP contribution is -2.28. The molecule has 19 heavy (non-hydrogen) atoms. The minimum Gasteiger partial charge on any atom is -0.508 e. The number of phenols is 1. The molecule has 1 atom stereocenters. The van der Waals surface area contributed by atoms with Crippen molar-refractivity contribution in [1.82, 2.24) is 15.5 Å². The van der Waals surface area contributed by atoms with Gasteiger partial charge in [-0.1, -0.05) is 17.3 Å². The molecule has 0 spiro atoms. The van der Waals surface area contributed by atoms with Crippen molar-refractivity contribution in [2.24, 2.45) is 0 Å². The monoisotopic (exact) mass is 259 g/mol. The Hall–Kier alpha value is -1.88. The van der Waals surface area contributed by atoms with E-state index in [1.165, 1.54) is 0 Å². The lowest BCUT2D eigenvalue weighted by atomic mass is 10.00. The number of phenolic OH excluding ortho intramolecular Hbond substituents is 1. The molecule has 0 bridgehead atoms. The smallest absolute Gasteiger partial charge is 0.231 e. The van der Waals surface area contributed by atoms with Gasteiger partial charge in [0.2, 0.25) is 5.89 Å². The Morgan fingerprint density at radius 1 is 1.32 bits per heavy atom. The number of nitrogens with one attached hydrogen (secondary N) is 1. The molecule has 0 radical (unpaired) electrons. The largest absolute Gasteiger partial charge is 0.508 e. The van der Waals surface area contributed by atoms with Gasteiger partial charge in [0, 0.05) is 13.0 Å². The van der Waals surface area contributed by atoms with Crippen LogP contribution in [0.1, 0.15) is 36.0 Å². The lowest BCUT2D eigenvalue weighted by molar-refractivity contribution is 0.320. The minimum atomic E-state index is 0.269. The average Bonchev–Trinajstić information content (AvgIpc) is 2.91. The van der Waals surface area contributed by atoms with Gasteiger partial charge in [-0.25, -0.2) is 0 Å². The van der Waals surface area contributed by atoms with Gasteiger partial charge in [0.1, 0.15) is 5.75 Å². The summed E-state index contributed by atoms with van der Waals surface area (Å²) in [5.74, 6) is 2.05. The highest BCUT2D eigenvalue weighted by molar-refractivity contribution is 5.27. The zero-order chi connectivity index (χ0) is 13.1. The number of hydrogen-bond acceptors (Lipinski definition) is 5. The summed E-state index contributed by atoms with van der Waals surface area (Å²) in [7, 11) is 0. The Morgan fingerprint density at radius 2 is 2.16 bits per heavy atom. The van der Waals surface area contributed by atoms with E-state index in [0.717, 1.165) is 37.4 Å². The fraction of sp³-hybridized carbons (Fsp3) is 0.429. The first-order valence-corrected chi connectivity index (χ1v) is 6.62. The molecule has 2 aromatic rings. The normalized spacial score (nSPS) is 19.5. The second-order valence-corrected chi connectivity index (χ2v) is 4.94. The molecule has 5 heteroatoms. The molecule has 1 saturated heterocycles. The van der Waals surface area contributed by atoms with E-state index in [0.29, 0.717) is 18.2 Å². The summed E-state index contributed by atoms with van der Waals surface area (Å²) in [6.07, 6.45) is 2.89. The van der Waals surface area contributed by atoms with Gasteiger partial charge < -0.3 is 14.9 Å². The molecular weight excluding hydrogens is 242 g/mol. The molecule has 0 saturated carbocycles. The number of aromatic nitrogens is 2. The highest BCUT2D eigenvalue weighted by atomic mass is 16.5. The van der Waals surface area contributed by atoms with Crippen molar-refractivity contribution in [1.29, 1.82) is 0 Å². The Kier molecular flexibility index (Phi) is 3.46. The van der Waals surface area contributed by atoms with Crippen LogP contribution in [0.25, 0.3) is 0 Å². The third-order valence-corrected chi connectivity index (χ3v) is 3.43. The van der Waals surface area contributed by atoms with Gasteiger partial charge in [-0.05, 0) is 37.1 Å². The third kappa shape index (κ3) is 2.93. The van der Waals surface area contributed by atoms with Gasteiger partial charge in [-0.2, -0.15) is 4.98 Å². The summed E-state index contributed by atoms with van der Waals surface area (Å²) in [4.78, 5) is 4.47. The predicted octanol–water partition coefficient (Wildman–Crippen LogP) is 1.83. The molecule has 100 valence electrons. The van der Waals surface area contributed by atoms with E-state index in [-0.39, 0.29) is 5.75 Å². The SMILES string of the molecule is Oc1ccc(Cc2noc([C@@H]3CCCNC3)n2)cc1. The molecular formula is C14H17N3O2. The summed E-state index contributed by atoms with van der Waals surface area (Å²) in [6, 6.07) is 7.07.